The summed E-state index contributed by atoms with van der Waals surface area (Å²) in [6.45, 7) is 2.47. The van der Waals surface area contributed by atoms with E-state index in [2.05, 4.69) is 10.3 Å². The summed E-state index contributed by atoms with van der Waals surface area (Å²) < 4.78 is 29.3. The number of amides is 2. The van der Waals surface area contributed by atoms with Gasteiger partial charge in [0.2, 0.25) is 0 Å². The van der Waals surface area contributed by atoms with Crippen LogP contribution in [-0.2, 0) is 10.7 Å². The zero-order chi connectivity index (χ0) is 24.1. The minimum absolute atomic E-state index is 0.116. The molecule has 34 heavy (non-hydrogen) atoms. The number of carbonyl (C=O) groups excluding carboxylic acids is 2. The van der Waals surface area contributed by atoms with Crippen LogP contribution >= 0.6 is 11.3 Å². The van der Waals surface area contributed by atoms with Gasteiger partial charge in [-0.25, -0.2) is 0 Å². The number of pyridine rings is 1. The Balaban J connectivity index is 1.40. The minimum atomic E-state index is -3.65. The summed E-state index contributed by atoms with van der Waals surface area (Å²) in [5.41, 5.74) is 0.474. The molecule has 4 rings (SSSR count). The molecule has 1 aliphatic heterocycles. The number of aromatic nitrogens is 1. The molecular weight excluding hydrogens is 456 g/mol. The first-order chi connectivity index (χ1) is 16.3. The molecule has 0 radical (unpaired) electrons. The Hall–Kier alpha value is -3.13. The van der Waals surface area contributed by atoms with Crippen molar-refractivity contribution < 1.29 is 18.4 Å². The summed E-state index contributed by atoms with van der Waals surface area (Å²) in [4.78, 5) is 32.0. The van der Waals surface area contributed by atoms with Crippen molar-refractivity contribution in [3.8, 4) is 0 Å². The van der Waals surface area contributed by atoms with Gasteiger partial charge in [0.05, 0.1) is 10.9 Å². The van der Waals surface area contributed by atoms with Gasteiger partial charge in [0.25, 0.3) is 11.8 Å². The Labute approximate surface area is 201 Å². The second-order valence-corrected chi connectivity index (χ2v) is 9.90. The summed E-state index contributed by atoms with van der Waals surface area (Å²) in [6.07, 6.45) is 3.14. The van der Waals surface area contributed by atoms with E-state index in [1.807, 2.05) is 49.4 Å². The predicted octanol–water partition coefficient (Wildman–Crippen LogP) is 5.34. The zero-order valence-corrected chi connectivity index (χ0v) is 19.7. The fourth-order valence-electron chi connectivity index (χ4n) is 4.31. The van der Waals surface area contributed by atoms with Crippen molar-refractivity contribution in [3.63, 3.8) is 0 Å². The number of nitrogens with zero attached hydrogens (tertiary/aromatic N) is 2. The van der Waals surface area contributed by atoms with Gasteiger partial charge in [-0.05, 0) is 61.9 Å². The highest BCUT2D eigenvalue weighted by Crippen LogP contribution is 2.33. The molecule has 3 heterocycles. The number of thiophene rings is 1. The zero-order valence-electron chi connectivity index (χ0n) is 18.9. The van der Waals surface area contributed by atoms with Crippen LogP contribution in [0.2, 0.25) is 0 Å². The monoisotopic (exact) mass is 483 g/mol. The van der Waals surface area contributed by atoms with Crippen molar-refractivity contribution in [1.82, 2.24) is 15.2 Å². The standard InChI is InChI=1S/C26H27F2N3O2S/c1-18-10-11-22(34-18)24(32)30-21(20-7-3-2-4-8-20)17-19-12-15-31(16-13-19)25(33)26(27,28)23-9-5-6-14-29-23/h2-11,14,19,21H,12-13,15-17H2,1H3,(H,30,32). The van der Waals surface area contributed by atoms with Crippen LogP contribution in [-0.4, -0.2) is 34.8 Å². The number of likely N-dealkylation sites (tertiary alicyclic amines) is 1. The maximum Gasteiger partial charge on any atom is 0.366 e. The van der Waals surface area contributed by atoms with Gasteiger partial charge < -0.3 is 10.2 Å². The first kappa shape index (κ1) is 24.0. The lowest BCUT2D eigenvalue weighted by Crippen LogP contribution is -2.46. The van der Waals surface area contributed by atoms with Crippen molar-refractivity contribution in [2.75, 3.05) is 13.1 Å². The quantitative estimate of drug-likeness (QED) is 0.493. The van der Waals surface area contributed by atoms with Crippen LogP contribution in [0.1, 0.15) is 51.1 Å². The normalized spacial score (nSPS) is 15.7. The molecule has 1 aliphatic rings. The van der Waals surface area contributed by atoms with Crippen molar-refractivity contribution in [3.05, 3.63) is 87.9 Å². The van der Waals surface area contributed by atoms with Gasteiger partial charge in [0, 0.05) is 24.2 Å². The van der Waals surface area contributed by atoms with Crippen LogP contribution in [0.25, 0.3) is 0 Å². The average molecular weight is 484 g/mol. The smallest absolute Gasteiger partial charge is 0.345 e. The van der Waals surface area contributed by atoms with Gasteiger partial charge in [-0.1, -0.05) is 36.4 Å². The lowest BCUT2D eigenvalue weighted by Gasteiger charge is -2.35. The molecule has 1 N–H and O–H groups in total. The third-order valence-electron chi connectivity index (χ3n) is 6.20. The van der Waals surface area contributed by atoms with Gasteiger partial charge in [-0.3, -0.25) is 14.6 Å². The molecule has 1 aromatic carbocycles. The van der Waals surface area contributed by atoms with E-state index in [1.54, 1.807) is 0 Å². The lowest BCUT2D eigenvalue weighted by atomic mass is 9.87. The van der Waals surface area contributed by atoms with Gasteiger partial charge in [-0.2, -0.15) is 8.78 Å². The molecule has 0 bridgehead atoms. The topological polar surface area (TPSA) is 62.3 Å². The molecule has 2 amide bonds. The number of hydrogen-bond donors (Lipinski definition) is 1. The highest BCUT2D eigenvalue weighted by Gasteiger charge is 2.46. The Bertz CT molecular complexity index is 1110. The first-order valence-corrected chi connectivity index (χ1v) is 12.2. The van der Waals surface area contributed by atoms with Gasteiger partial charge in [0.15, 0.2) is 0 Å². The number of rotatable bonds is 7. The van der Waals surface area contributed by atoms with Crippen LogP contribution in [0.15, 0.2) is 66.9 Å². The average Bonchev–Trinajstić information content (AvgIpc) is 3.31. The van der Waals surface area contributed by atoms with Gasteiger partial charge >= 0.3 is 5.92 Å². The Morgan fingerprint density at radius 1 is 1.09 bits per heavy atom. The molecule has 0 aliphatic carbocycles. The summed E-state index contributed by atoms with van der Waals surface area (Å²) in [6, 6.07) is 17.5. The number of hydrogen-bond acceptors (Lipinski definition) is 4. The fraction of sp³-hybridized carbons (Fsp3) is 0.346. The minimum Gasteiger partial charge on any atom is -0.345 e. The molecule has 1 atom stereocenters. The third-order valence-corrected chi connectivity index (χ3v) is 7.20. The number of halogens is 2. The number of nitrogens with one attached hydrogen (secondary N) is 1. The largest absolute Gasteiger partial charge is 0.366 e. The number of alkyl halides is 2. The highest BCUT2D eigenvalue weighted by atomic mass is 32.1. The van der Waals surface area contributed by atoms with E-state index in [-0.39, 0.29) is 31.0 Å². The highest BCUT2D eigenvalue weighted by molar-refractivity contribution is 7.13. The van der Waals surface area contributed by atoms with Crippen molar-refractivity contribution in [1.29, 1.82) is 0 Å². The first-order valence-electron chi connectivity index (χ1n) is 11.4. The summed E-state index contributed by atoms with van der Waals surface area (Å²) in [5.74, 6) is -4.77. The predicted molar refractivity (Wildman–Crippen MR) is 128 cm³/mol. The molecule has 1 unspecified atom stereocenters. The van der Waals surface area contributed by atoms with Gasteiger partial charge in [0.1, 0.15) is 5.69 Å². The van der Waals surface area contributed by atoms with Crippen LogP contribution in [0, 0.1) is 12.8 Å². The van der Waals surface area contributed by atoms with Gasteiger partial charge in [-0.15, -0.1) is 11.3 Å². The van der Waals surface area contributed by atoms with E-state index in [0.717, 1.165) is 10.4 Å². The van der Waals surface area contributed by atoms with Crippen molar-refractivity contribution in [2.24, 2.45) is 5.92 Å². The molecule has 1 saturated heterocycles. The van der Waals surface area contributed by atoms with E-state index < -0.39 is 17.5 Å². The van der Waals surface area contributed by atoms with Crippen LogP contribution in [0.3, 0.4) is 0 Å². The molecule has 0 saturated carbocycles. The van der Waals surface area contributed by atoms with E-state index in [9.17, 15) is 18.4 Å². The second-order valence-electron chi connectivity index (χ2n) is 8.61. The van der Waals surface area contributed by atoms with Crippen LogP contribution in [0.4, 0.5) is 8.78 Å². The maximum atomic E-state index is 14.7. The molecule has 5 nitrogen and oxygen atoms in total. The van der Waals surface area contributed by atoms with Crippen molar-refractivity contribution >= 4 is 23.2 Å². The third kappa shape index (κ3) is 5.50. The molecule has 2 aromatic heterocycles. The molecule has 3 aromatic rings. The summed E-state index contributed by atoms with van der Waals surface area (Å²) >= 11 is 1.45. The Morgan fingerprint density at radius 2 is 1.79 bits per heavy atom. The number of benzene rings is 1. The molecule has 0 spiro atoms. The second kappa shape index (κ2) is 10.4. The van der Waals surface area contributed by atoms with Crippen LogP contribution in [0.5, 0.6) is 0 Å². The maximum absolute atomic E-state index is 14.7. The molecule has 1 fully saturated rings. The van der Waals surface area contributed by atoms with Crippen molar-refractivity contribution in [2.45, 2.75) is 38.2 Å². The lowest BCUT2D eigenvalue weighted by molar-refractivity contribution is -0.161. The Morgan fingerprint density at radius 3 is 2.41 bits per heavy atom. The molecule has 8 heteroatoms. The van der Waals surface area contributed by atoms with E-state index >= 15 is 0 Å². The number of piperidine rings is 1. The number of aryl methyl sites for hydroxylation is 1. The SMILES string of the molecule is Cc1ccc(C(=O)NC(CC2CCN(C(=O)C(F)(F)c3ccccn3)CC2)c2ccccc2)s1. The van der Waals surface area contributed by atoms with E-state index in [4.69, 9.17) is 0 Å². The molecular formula is C26H27F2N3O2S. The number of carbonyl (C=O) groups is 2. The van der Waals surface area contributed by atoms with E-state index in [1.165, 1.54) is 40.6 Å². The Kier molecular flexibility index (Phi) is 7.36. The summed E-state index contributed by atoms with van der Waals surface area (Å²) in [5, 5.41) is 3.15. The van der Waals surface area contributed by atoms with Crippen LogP contribution < -0.4 is 5.32 Å². The summed E-state index contributed by atoms with van der Waals surface area (Å²) in [7, 11) is 0. The van der Waals surface area contributed by atoms with E-state index in [0.29, 0.717) is 24.1 Å². The molecule has 178 valence electrons. The fourth-order valence-corrected chi connectivity index (χ4v) is 5.08.